The Morgan fingerprint density at radius 3 is 2.68 bits per heavy atom. The highest BCUT2D eigenvalue weighted by Gasteiger charge is 2.29. The Kier molecular flexibility index (Phi) is 4.93. The fourth-order valence-corrected chi connectivity index (χ4v) is 2.55. The number of nitrogens with one attached hydrogen (secondary N) is 1. The number of aliphatic hydroxyl groups is 1. The van der Waals surface area contributed by atoms with Crippen molar-refractivity contribution in [2.75, 3.05) is 7.05 Å². The molecule has 0 unspecified atom stereocenters. The minimum atomic E-state index is -1.19. The third kappa shape index (κ3) is 3.55. The maximum Gasteiger partial charge on any atom is 0.339 e. The fourth-order valence-electron chi connectivity index (χ4n) is 2.55. The number of hydrogen-bond acceptors (Lipinski definition) is 4. The highest BCUT2D eigenvalue weighted by Crippen LogP contribution is 2.23. The maximum atomic E-state index is 12.0. The molecule has 1 fully saturated rings. The van der Waals surface area contributed by atoms with Crippen molar-refractivity contribution < 1.29 is 14.6 Å². The van der Waals surface area contributed by atoms with E-state index in [1.54, 1.807) is 24.3 Å². The first-order valence-corrected chi connectivity index (χ1v) is 6.83. The zero-order valence-electron chi connectivity index (χ0n) is 11.2. The molecule has 1 saturated carbocycles. The summed E-state index contributed by atoms with van der Waals surface area (Å²) >= 11 is 0. The topological polar surface area (TPSA) is 58.6 Å². The summed E-state index contributed by atoms with van der Waals surface area (Å²) in [6, 6.07) is 9.08. The van der Waals surface area contributed by atoms with Gasteiger partial charge in [0.15, 0.2) is 6.10 Å². The summed E-state index contributed by atoms with van der Waals surface area (Å²) in [5.74, 6) is -0.557. The van der Waals surface area contributed by atoms with Crippen molar-refractivity contribution in [3.63, 3.8) is 0 Å². The van der Waals surface area contributed by atoms with E-state index in [9.17, 15) is 9.90 Å². The molecule has 2 N–H and O–H groups in total. The lowest BCUT2D eigenvalue weighted by Crippen LogP contribution is -2.43. The highest BCUT2D eigenvalue weighted by molar-refractivity contribution is 5.76. The molecular formula is C15H21NO3. The third-order valence-electron chi connectivity index (χ3n) is 3.68. The summed E-state index contributed by atoms with van der Waals surface area (Å²) in [5, 5.41) is 13.2. The second kappa shape index (κ2) is 6.68. The summed E-state index contributed by atoms with van der Waals surface area (Å²) in [4.78, 5) is 12.0. The number of esters is 1. The standard InChI is InChI=1S/C15H21NO3/c1-16-12-9-5-6-10-13(12)19-15(18)14(17)11-7-3-2-4-8-11/h2-4,7-8,12-14,16-17H,5-6,9-10H2,1H3/t12-,13-,14-/m1/s1. The molecule has 0 bridgehead atoms. The molecule has 0 radical (unpaired) electrons. The van der Waals surface area contributed by atoms with Crippen LogP contribution in [0.1, 0.15) is 37.4 Å². The molecule has 0 amide bonds. The molecule has 1 aliphatic rings. The SMILES string of the molecule is CN[C@@H]1CCCC[C@H]1OC(=O)[C@H](O)c1ccccc1. The van der Waals surface area contributed by atoms with Gasteiger partial charge < -0.3 is 15.2 Å². The second-order valence-corrected chi connectivity index (χ2v) is 4.97. The molecule has 0 saturated heterocycles. The Morgan fingerprint density at radius 1 is 1.32 bits per heavy atom. The second-order valence-electron chi connectivity index (χ2n) is 4.97. The van der Waals surface area contributed by atoms with Crippen molar-refractivity contribution in [2.24, 2.45) is 0 Å². The monoisotopic (exact) mass is 263 g/mol. The number of benzene rings is 1. The quantitative estimate of drug-likeness (QED) is 0.813. The molecule has 0 aromatic heterocycles. The number of rotatable bonds is 4. The molecule has 0 spiro atoms. The number of likely N-dealkylation sites (N-methyl/N-ethyl adjacent to an activating group) is 1. The van der Waals surface area contributed by atoms with Crippen molar-refractivity contribution in [2.45, 2.75) is 43.9 Å². The molecule has 1 aromatic carbocycles. The Labute approximate surface area is 113 Å². The molecule has 104 valence electrons. The van der Waals surface area contributed by atoms with Crippen molar-refractivity contribution >= 4 is 5.97 Å². The van der Waals surface area contributed by atoms with E-state index in [1.165, 1.54) is 0 Å². The van der Waals surface area contributed by atoms with Gasteiger partial charge in [-0.15, -0.1) is 0 Å². The molecule has 1 aliphatic carbocycles. The van der Waals surface area contributed by atoms with Crippen LogP contribution in [0.15, 0.2) is 30.3 Å². The van der Waals surface area contributed by atoms with E-state index in [4.69, 9.17) is 4.74 Å². The largest absolute Gasteiger partial charge is 0.459 e. The minimum Gasteiger partial charge on any atom is -0.459 e. The third-order valence-corrected chi connectivity index (χ3v) is 3.68. The van der Waals surface area contributed by atoms with Crippen LogP contribution in [-0.4, -0.2) is 30.3 Å². The van der Waals surface area contributed by atoms with Gasteiger partial charge in [-0.3, -0.25) is 0 Å². The van der Waals surface area contributed by atoms with E-state index in [0.29, 0.717) is 5.56 Å². The van der Waals surface area contributed by atoms with Crippen LogP contribution in [0.3, 0.4) is 0 Å². The summed E-state index contributed by atoms with van der Waals surface area (Å²) < 4.78 is 5.46. The van der Waals surface area contributed by atoms with Crippen molar-refractivity contribution in [3.8, 4) is 0 Å². The van der Waals surface area contributed by atoms with Gasteiger partial charge in [0.05, 0.1) is 0 Å². The van der Waals surface area contributed by atoms with Gasteiger partial charge in [0.25, 0.3) is 0 Å². The molecule has 4 heteroatoms. The number of aliphatic hydroxyl groups excluding tert-OH is 1. The molecule has 0 heterocycles. The van der Waals surface area contributed by atoms with Crippen molar-refractivity contribution in [1.82, 2.24) is 5.32 Å². The Balaban J connectivity index is 1.96. The van der Waals surface area contributed by atoms with Gasteiger partial charge in [-0.1, -0.05) is 36.8 Å². The van der Waals surface area contributed by atoms with Crippen LogP contribution in [0.4, 0.5) is 0 Å². The summed E-state index contributed by atoms with van der Waals surface area (Å²) in [6.45, 7) is 0. The van der Waals surface area contributed by atoms with Crippen LogP contribution in [0.25, 0.3) is 0 Å². The van der Waals surface area contributed by atoms with E-state index in [0.717, 1.165) is 25.7 Å². The van der Waals surface area contributed by atoms with Gasteiger partial charge in [0.1, 0.15) is 6.10 Å². The van der Waals surface area contributed by atoms with Crippen LogP contribution in [0, 0.1) is 0 Å². The van der Waals surface area contributed by atoms with Gasteiger partial charge in [-0.2, -0.15) is 0 Å². The fraction of sp³-hybridized carbons (Fsp3) is 0.533. The molecule has 1 aromatic rings. The molecule has 3 atom stereocenters. The molecule has 0 aliphatic heterocycles. The van der Waals surface area contributed by atoms with Crippen LogP contribution in [-0.2, 0) is 9.53 Å². The zero-order chi connectivity index (χ0) is 13.7. The Bertz CT molecular complexity index is 407. The highest BCUT2D eigenvalue weighted by atomic mass is 16.6. The number of hydrogen-bond donors (Lipinski definition) is 2. The molecular weight excluding hydrogens is 242 g/mol. The number of carbonyl (C=O) groups is 1. The van der Waals surface area contributed by atoms with Gasteiger partial charge in [0, 0.05) is 6.04 Å². The van der Waals surface area contributed by atoms with Gasteiger partial charge in [-0.05, 0) is 31.9 Å². The van der Waals surface area contributed by atoms with E-state index in [2.05, 4.69) is 5.32 Å². The minimum absolute atomic E-state index is 0.135. The predicted molar refractivity (Wildman–Crippen MR) is 72.6 cm³/mol. The van der Waals surface area contributed by atoms with E-state index in [-0.39, 0.29) is 12.1 Å². The maximum absolute atomic E-state index is 12.0. The van der Waals surface area contributed by atoms with Crippen LogP contribution in [0.5, 0.6) is 0 Å². The summed E-state index contributed by atoms with van der Waals surface area (Å²) in [5.41, 5.74) is 0.573. The van der Waals surface area contributed by atoms with E-state index >= 15 is 0 Å². The first kappa shape index (κ1) is 14.0. The first-order valence-electron chi connectivity index (χ1n) is 6.83. The smallest absolute Gasteiger partial charge is 0.339 e. The molecule has 2 rings (SSSR count). The Hall–Kier alpha value is -1.39. The van der Waals surface area contributed by atoms with Crippen LogP contribution in [0.2, 0.25) is 0 Å². The molecule has 4 nitrogen and oxygen atoms in total. The van der Waals surface area contributed by atoms with E-state index < -0.39 is 12.1 Å². The van der Waals surface area contributed by atoms with Crippen molar-refractivity contribution in [3.05, 3.63) is 35.9 Å². The predicted octanol–water partition coefficient (Wildman–Crippen LogP) is 1.79. The summed E-state index contributed by atoms with van der Waals surface area (Å²) in [7, 11) is 1.88. The Morgan fingerprint density at radius 2 is 2.00 bits per heavy atom. The van der Waals surface area contributed by atoms with Crippen LogP contribution < -0.4 is 5.32 Å². The van der Waals surface area contributed by atoms with Crippen LogP contribution >= 0.6 is 0 Å². The van der Waals surface area contributed by atoms with Gasteiger partial charge in [-0.25, -0.2) is 4.79 Å². The lowest BCUT2D eigenvalue weighted by molar-refractivity contribution is -0.162. The first-order chi connectivity index (χ1) is 9.22. The van der Waals surface area contributed by atoms with E-state index in [1.807, 2.05) is 13.1 Å². The number of carbonyl (C=O) groups excluding carboxylic acids is 1. The van der Waals surface area contributed by atoms with Gasteiger partial charge >= 0.3 is 5.97 Å². The zero-order valence-corrected chi connectivity index (χ0v) is 11.2. The lowest BCUT2D eigenvalue weighted by atomic mass is 9.92. The van der Waals surface area contributed by atoms with Crippen molar-refractivity contribution in [1.29, 1.82) is 0 Å². The van der Waals surface area contributed by atoms with Gasteiger partial charge in [0.2, 0.25) is 0 Å². The number of ether oxygens (including phenoxy) is 1. The average Bonchev–Trinajstić information content (AvgIpc) is 2.48. The lowest BCUT2D eigenvalue weighted by Gasteiger charge is -2.31. The average molecular weight is 263 g/mol. The normalized spacial score (nSPS) is 24.7. The molecule has 19 heavy (non-hydrogen) atoms. The summed E-state index contributed by atoms with van der Waals surface area (Å²) in [6.07, 6.45) is 2.76.